The van der Waals surface area contributed by atoms with Gasteiger partial charge >= 0.3 is 0 Å². The number of aromatic nitrogens is 1. The third-order valence-electron chi connectivity index (χ3n) is 5.53. The lowest BCUT2D eigenvalue weighted by Gasteiger charge is -2.29. The van der Waals surface area contributed by atoms with E-state index in [0.717, 1.165) is 33.9 Å². The van der Waals surface area contributed by atoms with Crippen molar-refractivity contribution in [1.29, 1.82) is 0 Å². The van der Waals surface area contributed by atoms with Gasteiger partial charge in [-0.2, -0.15) is 0 Å². The summed E-state index contributed by atoms with van der Waals surface area (Å²) in [6.07, 6.45) is 5.11. The van der Waals surface area contributed by atoms with Crippen LogP contribution in [0.1, 0.15) is 27.0 Å². The highest BCUT2D eigenvalue weighted by Gasteiger charge is 2.33. The van der Waals surface area contributed by atoms with Crippen LogP contribution in [0.3, 0.4) is 0 Å². The fraction of sp³-hybridized carbons (Fsp3) is 0.167. The lowest BCUT2D eigenvalue weighted by Crippen LogP contribution is -2.31. The van der Waals surface area contributed by atoms with Gasteiger partial charge in [-0.25, -0.2) is 0 Å². The molecule has 3 aromatic rings. The number of carbonyl (C=O) groups excluding carboxylic acids is 1. The van der Waals surface area contributed by atoms with Crippen LogP contribution >= 0.6 is 0 Å². The van der Waals surface area contributed by atoms with E-state index in [1.807, 2.05) is 36.4 Å². The van der Waals surface area contributed by atoms with Gasteiger partial charge in [0.25, 0.3) is 0 Å². The van der Waals surface area contributed by atoms with E-state index in [4.69, 9.17) is 18.9 Å². The van der Waals surface area contributed by atoms with Crippen molar-refractivity contribution >= 4 is 11.9 Å². The molecule has 154 valence electrons. The van der Waals surface area contributed by atoms with Crippen molar-refractivity contribution in [1.82, 2.24) is 9.88 Å². The molecule has 0 saturated carbocycles. The SMILES string of the molecule is O=C1/C(=C/c2ccncc2)Oc2c1ccc1c2CN(Cc2ccc3c(c2)OCO3)CO1. The van der Waals surface area contributed by atoms with E-state index < -0.39 is 0 Å². The molecule has 31 heavy (non-hydrogen) atoms. The first-order chi connectivity index (χ1) is 15.2. The molecule has 2 aromatic carbocycles. The summed E-state index contributed by atoms with van der Waals surface area (Å²) in [5, 5.41) is 0. The number of carbonyl (C=O) groups is 1. The molecule has 0 amide bonds. The molecule has 0 spiro atoms. The molecular formula is C24H18N2O5. The monoisotopic (exact) mass is 414 g/mol. The Morgan fingerprint density at radius 1 is 0.968 bits per heavy atom. The predicted octanol–water partition coefficient (Wildman–Crippen LogP) is 3.78. The van der Waals surface area contributed by atoms with Crippen LogP contribution in [-0.4, -0.2) is 29.2 Å². The van der Waals surface area contributed by atoms with Gasteiger partial charge in [-0.05, 0) is 53.6 Å². The molecule has 0 aliphatic carbocycles. The minimum absolute atomic E-state index is 0.123. The van der Waals surface area contributed by atoms with Crippen LogP contribution in [0.5, 0.6) is 23.0 Å². The second-order valence-corrected chi connectivity index (χ2v) is 7.59. The van der Waals surface area contributed by atoms with Crippen molar-refractivity contribution in [3.8, 4) is 23.0 Å². The summed E-state index contributed by atoms with van der Waals surface area (Å²) in [5.41, 5.74) is 3.41. The van der Waals surface area contributed by atoms with Crippen molar-refractivity contribution < 1.29 is 23.7 Å². The fourth-order valence-electron chi connectivity index (χ4n) is 4.01. The van der Waals surface area contributed by atoms with Crippen LogP contribution < -0.4 is 18.9 Å². The molecule has 7 heteroatoms. The topological polar surface area (TPSA) is 70.1 Å². The molecule has 0 atom stereocenters. The Morgan fingerprint density at radius 3 is 2.71 bits per heavy atom. The van der Waals surface area contributed by atoms with Gasteiger partial charge < -0.3 is 18.9 Å². The number of rotatable bonds is 3. The van der Waals surface area contributed by atoms with Gasteiger partial charge in [-0.1, -0.05) is 6.07 Å². The van der Waals surface area contributed by atoms with Crippen molar-refractivity contribution in [3.63, 3.8) is 0 Å². The van der Waals surface area contributed by atoms with Crippen LogP contribution in [0.15, 0.2) is 60.6 Å². The second-order valence-electron chi connectivity index (χ2n) is 7.59. The van der Waals surface area contributed by atoms with Gasteiger partial charge in [0, 0.05) is 25.5 Å². The highest BCUT2D eigenvalue weighted by molar-refractivity contribution is 6.15. The zero-order valence-corrected chi connectivity index (χ0v) is 16.5. The first kappa shape index (κ1) is 18.0. The zero-order valence-electron chi connectivity index (χ0n) is 16.5. The first-order valence-electron chi connectivity index (χ1n) is 9.98. The molecule has 3 aliphatic rings. The Labute approximate surface area is 178 Å². The largest absolute Gasteiger partial charge is 0.478 e. The Morgan fingerprint density at radius 2 is 1.81 bits per heavy atom. The summed E-state index contributed by atoms with van der Waals surface area (Å²) in [6.45, 7) is 2.00. The number of hydrogen-bond acceptors (Lipinski definition) is 7. The van der Waals surface area contributed by atoms with Crippen molar-refractivity contribution in [2.45, 2.75) is 13.1 Å². The Hall–Kier alpha value is -3.84. The minimum atomic E-state index is -0.123. The van der Waals surface area contributed by atoms with E-state index in [2.05, 4.69) is 9.88 Å². The average Bonchev–Trinajstić information content (AvgIpc) is 3.39. The number of ether oxygens (including phenoxy) is 4. The molecule has 0 fully saturated rings. The van der Waals surface area contributed by atoms with Crippen molar-refractivity contribution in [2.75, 3.05) is 13.5 Å². The van der Waals surface area contributed by atoms with Crippen LogP contribution in [-0.2, 0) is 13.1 Å². The Kier molecular flexibility index (Phi) is 4.14. The summed E-state index contributed by atoms with van der Waals surface area (Å²) < 4.78 is 22.9. The first-order valence-corrected chi connectivity index (χ1v) is 9.98. The summed E-state index contributed by atoms with van der Waals surface area (Å²) in [6, 6.07) is 13.2. The van der Waals surface area contributed by atoms with E-state index in [9.17, 15) is 4.79 Å². The van der Waals surface area contributed by atoms with E-state index in [1.54, 1.807) is 24.5 Å². The number of ketones is 1. The lowest BCUT2D eigenvalue weighted by molar-refractivity contribution is 0.0872. The van der Waals surface area contributed by atoms with Gasteiger partial charge in [0.2, 0.25) is 12.6 Å². The standard InChI is InChI=1S/C24H18N2O5/c27-23-17-2-4-19-18(24(17)31-22(23)9-15-5-7-25-8-6-15)12-26(13-28-19)11-16-1-3-20-21(10-16)30-14-29-20/h1-10H,11-14H2/b22-9-. The van der Waals surface area contributed by atoms with E-state index in [0.29, 0.717) is 36.9 Å². The highest BCUT2D eigenvalue weighted by Crippen LogP contribution is 2.42. The lowest BCUT2D eigenvalue weighted by atomic mass is 10.0. The van der Waals surface area contributed by atoms with Crippen LogP contribution in [0.25, 0.3) is 6.08 Å². The van der Waals surface area contributed by atoms with Gasteiger partial charge in [0.1, 0.15) is 18.2 Å². The third-order valence-corrected chi connectivity index (χ3v) is 5.53. The smallest absolute Gasteiger partial charge is 0.231 e. The number of benzene rings is 2. The molecule has 0 N–H and O–H groups in total. The predicted molar refractivity (Wildman–Crippen MR) is 111 cm³/mol. The fourth-order valence-corrected chi connectivity index (χ4v) is 4.01. The normalized spacial score (nSPS) is 17.8. The third kappa shape index (κ3) is 3.19. The van der Waals surface area contributed by atoms with E-state index >= 15 is 0 Å². The number of pyridine rings is 1. The molecule has 1 aromatic heterocycles. The van der Waals surface area contributed by atoms with E-state index in [-0.39, 0.29) is 12.6 Å². The molecule has 0 radical (unpaired) electrons. The minimum Gasteiger partial charge on any atom is -0.478 e. The van der Waals surface area contributed by atoms with Gasteiger partial charge in [0.05, 0.1) is 11.1 Å². The quantitative estimate of drug-likeness (QED) is 0.604. The maximum Gasteiger partial charge on any atom is 0.231 e. The maximum atomic E-state index is 12.9. The molecule has 0 bridgehead atoms. The Balaban J connectivity index is 1.26. The molecule has 6 rings (SSSR count). The van der Waals surface area contributed by atoms with Crippen LogP contribution in [0.2, 0.25) is 0 Å². The number of Topliss-reactive ketones (excluding diaryl/α,β-unsaturated/α-hetero) is 1. The summed E-state index contributed by atoms with van der Waals surface area (Å²) in [4.78, 5) is 19.0. The molecule has 7 nitrogen and oxygen atoms in total. The Bertz CT molecular complexity index is 1220. The zero-order chi connectivity index (χ0) is 20.8. The van der Waals surface area contributed by atoms with E-state index in [1.165, 1.54) is 0 Å². The highest BCUT2D eigenvalue weighted by atomic mass is 16.7. The van der Waals surface area contributed by atoms with Crippen molar-refractivity contribution in [2.24, 2.45) is 0 Å². The summed E-state index contributed by atoms with van der Waals surface area (Å²) in [7, 11) is 0. The molecule has 4 heterocycles. The molecular weight excluding hydrogens is 396 g/mol. The number of fused-ring (bicyclic) bond motifs is 4. The van der Waals surface area contributed by atoms with Crippen LogP contribution in [0, 0.1) is 0 Å². The number of nitrogens with zero attached hydrogens (tertiary/aromatic N) is 2. The number of allylic oxidation sites excluding steroid dienone is 1. The van der Waals surface area contributed by atoms with Gasteiger partial charge in [-0.15, -0.1) is 0 Å². The summed E-state index contributed by atoms with van der Waals surface area (Å²) >= 11 is 0. The molecule has 3 aliphatic heterocycles. The van der Waals surface area contributed by atoms with Gasteiger partial charge in [0.15, 0.2) is 17.3 Å². The second kappa shape index (κ2) is 7.14. The molecule has 0 unspecified atom stereocenters. The summed E-state index contributed by atoms with van der Waals surface area (Å²) in [5.74, 6) is 3.04. The van der Waals surface area contributed by atoms with Crippen LogP contribution in [0.4, 0.5) is 0 Å². The number of hydrogen-bond donors (Lipinski definition) is 0. The maximum absolute atomic E-state index is 12.9. The average molecular weight is 414 g/mol. The van der Waals surface area contributed by atoms with Crippen molar-refractivity contribution in [3.05, 3.63) is 82.9 Å². The van der Waals surface area contributed by atoms with Gasteiger partial charge in [-0.3, -0.25) is 14.7 Å². The molecule has 0 saturated heterocycles.